The van der Waals surface area contributed by atoms with Crippen molar-refractivity contribution in [3.63, 3.8) is 0 Å². The van der Waals surface area contributed by atoms with Crippen LogP contribution in [0.15, 0.2) is 11.8 Å². The summed E-state index contributed by atoms with van der Waals surface area (Å²) in [6.07, 6.45) is 1.49. The summed E-state index contributed by atoms with van der Waals surface area (Å²) in [7, 11) is 0. The van der Waals surface area contributed by atoms with Gasteiger partial charge in [-0.2, -0.15) is 0 Å². The molecular weight excluding hydrogens is 118 g/mol. The van der Waals surface area contributed by atoms with E-state index in [1.807, 2.05) is 6.92 Å². The van der Waals surface area contributed by atoms with Crippen LogP contribution in [0.1, 0.15) is 13.8 Å². The maximum atomic E-state index is 10.1. The zero-order valence-electron chi connectivity index (χ0n) is 5.64. The van der Waals surface area contributed by atoms with Gasteiger partial charge in [0.25, 0.3) is 0 Å². The van der Waals surface area contributed by atoms with Gasteiger partial charge in [0.15, 0.2) is 0 Å². The van der Waals surface area contributed by atoms with Crippen molar-refractivity contribution in [1.82, 2.24) is 5.32 Å². The van der Waals surface area contributed by atoms with Crippen LogP contribution in [0.25, 0.3) is 0 Å². The van der Waals surface area contributed by atoms with Crippen LogP contribution in [0.4, 0.5) is 0 Å². The van der Waals surface area contributed by atoms with E-state index >= 15 is 0 Å². The first-order chi connectivity index (χ1) is 4.18. The first-order valence-electron chi connectivity index (χ1n) is 2.82. The number of rotatable bonds is 3. The van der Waals surface area contributed by atoms with E-state index in [2.05, 4.69) is 5.32 Å². The SMILES string of the molecule is CCNC=C(C)C(=O)O. The lowest BCUT2D eigenvalue weighted by molar-refractivity contribution is -0.132. The maximum absolute atomic E-state index is 10.1. The highest BCUT2D eigenvalue weighted by Gasteiger charge is 1.95. The Balaban J connectivity index is 3.69. The summed E-state index contributed by atoms with van der Waals surface area (Å²) < 4.78 is 0. The molecular formula is C6H11NO2. The zero-order chi connectivity index (χ0) is 7.28. The van der Waals surface area contributed by atoms with Crippen molar-refractivity contribution in [2.24, 2.45) is 0 Å². The van der Waals surface area contributed by atoms with E-state index in [0.717, 1.165) is 6.54 Å². The van der Waals surface area contributed by atoms with Gasteiger partial charge < -0.3 is 10.4 Å². The van der Waals surface area contributed by atoms with Crippen LogP contribution in [0.3, 0.4) is 0 Å². The third-order valence-electron chi connectivity index (χ3n) is 0.860. The van der Waals surface area contributed by atoms with Crippen molar-refractivity contribution >= 4 is 5.97 Å². The Morgan fingerprint density at radius 3 is 2.67 bits per heavy atom. The van der Waals surface area contributed by atoms with Crippen molar-refractivity contribution in [3.05, 3.63) is 11.8 Å². The highest BCUT2D eigenvalue weighted by Crippen LogP contribution is 1.87. The Morgan fingerprint density at radius 1 is 1.78 bits per heavy atom. The highest BCUT2D eigenvalue weighted by molar-refractivity contribution is 5.85. The summed E-state index contributed by atoms with van der Waals surface area (Å²) in [5, 5.41) is 11.1. The van der Waals surface area contributed by atoms with Crippen LogP contribution in [0.2, 0.25) is 0 Å². The van der Waals surface area contributed by atoms with Crippen molar-refractivity contribution in [1.29, 1.82) is 0 Å². The van der Waals surface area contributed by atoms with Gasteiger partial charge in [-0.05, 0) is 13.8 Å². The average Bonchev–Trinajstić information content (AvgIpc) is 1.82. The summed E-state index contributed by atoms with van der Waals surface area (Å²) in [5.41, 5.74) is 0.330. The molecule has 0 unspecified atom stereocenters. The average molecular weight is 129 g/mol. The molecule has 0 aliphatic heterocycles. The van der Waals surface area contributed by atoms with Crippen molar-refractivity contribution < 1.29 is 9.90 Å². The number of carboxylic acids is 1. The van der Waals surface area contributed by atoms with Crippen molar-refractivity contribution in [2.75, 3.05) is 6.54 Å². The van der Waals surface area contributed by atoms with E-state index in [1.54, 1.807) is 6.92 Å². The third-order valence-corrected chi connectivity index (χ3v) is 0.860. The fourth-order valence-corrected chi connectivity index (χ4v) is 0.317. The molecule has 0 fully saturated rings. The van der Waals surface area contributed by atoms with Gasteiger partial charge in [0.1, 0.15) is 0 Å². The molecule has 0 aromatic rings. The monoisotopic (exact) mass is 129 g/mol. The molecule has 3 nitrogen and oxygen atoms in total. The molecule has 0 saturated carbocycles. The number of hydrogen-bond donors (Lipinski definition) is 2. The molecule has 0 saturated heterocycles. The van der Waals surface area contributed by atoms with Crippen LogP contribution in [-0.4, -0.2) is 17.6 Å². The summed E-state index contributed by atoms with van der Waals surface area (Å²) >= 11 is 0. The van der Waals surface area contributed by atoms with E-state index in [-0.39, 0.29) is 0 Å². The van der Waals surface area contributed by atoms with Gasteiger partial charge in [-0.3, -0.25) is 0 Å². The molecule has 2 N–H and O–H groups in total. The van der Waals surface area contributed by atoms with Crippen LogP contribution < -0.4 is 5.32 Å². The van der Waals surface area contributed by atoms with E-state index in [4.69, 9.17) is 5.11 Å². The Kier molecular flexibility index (Phi) is 3.51. The number of nitrogens with one attached hydrogen (secondary N) is 1. The van der Waals surface area contributed by atoms with E-state index < -0.39 is 5.97 Å². The Labute approximate surface area is 54.4 Å². The van der Waals surface area contributed by atoms with Gasteiger partial charge in [0, 0.05) is 18.3 Å². The Hall–Kier alpha value is -0.990. The minimum Gasteiger partial charge on any atom is -0.478 e. The topological polar surface area (TPSA) is 49.3 Å². The summed E-state index contributed by atoms with van der Waals surface area (Å²) in [6, 6.07) is 0. The van der Waals surface area contributed by atoms with Crippen LogP contribution in [-0.2, 0) is 4.79 Å². The number of carbonyl (C=O) groups is 1. The van der Waals surface area contributed by atoms with Gasteiger partial charge in [-0.25, -0.2) is 4.79 Å². The van der Waals surface area contributed by atoms with Gasteiger partial charge in [0.05, 0.1) is 0 Å². The largest absolute Gasteiger partial charge is 0.478 e. The molecule has 9 heavy (non-hydrogen) atoms. The molecule has 0 radical (unpaired) electrons. The maximum Gasteiger partial charge on any atom is 0.332 e. The van der Waals surface area contributed by atoms with Crippen molar-refractivity contribution in [3.8, 4) is 0 Å². The molecule has 0 bridgehead atoms. The summed E-state index contributed by atoms with van der Waals surface area (Å²) in [4.78, 5) is 10.1. The number of hydrogen-bond acceptors (Lipinski definition) is 2. The fraction of sp³-hybridized carbons (Fsp3) is 0.500. The zero-order valence-corrected chi connectivity index (χ0v) is 5.64. The molecule has 3 heteroatoms. The lowest BCUT2D eigenvalue weighted by atomic mass is 10.3. The van der Waals surface area contributed by atoms with Crippen LogP contribution in [0, 0.1) is 0 Å². The van der Waals surface area contributed by atoms with Crippen LogP contribution >= 0.6 is 0 Å². The second kappa shape index (κ2) is 3.95. The van der Waals surface area contributed by atoms with Crippen molar-refractivity contribution in [2.45, 2.75) is 13.8 Å². The molecule has 0 amide bonds. The lowest BCUT2D eigenvalue weighted by Gasteiger charge is -1.93. The molecule has 0 rings (SSSR count). The molecule has 0 heterocycles. The number of aliphatic carboxylic acids is 1. The first kappa shape index (κ1) is 8.01. The van der Waals surface area contributed by atoms with Gasteiger partial charge in [0.2, 0.25) is 0 Å². The standard InChI is InChI=1S/C6H11NO2/c1-3-7-4-5(2)6(8)9/h4,7H,3H2,1-2H3,(H,8,9). The molecule has 0 aromatic carbocycles. The van der Waals surface area contributed by atoms with Gasteiger partial charge in [-0.15, -0.1) is 0 Å². The molecule has 0 spiro atoms. The highest BCUT2D eigenvalue weighted by atomic mass is 16.4. The predicted octanol–water partition coefficient (Wildman–Crippen LogP) is 0.584. The Morgan fingerprint density at radius 2 is 2.33 bits per heavy atom. The second-order valence-electron chi connectivity index (χ2n) is 1.69. The van der Waals surface area contributed by atoms with E-state index in [0.29, 0.717) is 5.57 Å². The molecule has 0 aliphatic rings. The molecule has 0 aliphatic carbocycles. The molecule has 0 atom stereocenters. The third kappa shape index (κ3) is 3.58. The van der Waals surface area contributed by atoms with Gasteiger partial charge in [-0.1, -0.05) is 0 Å². The van der Waals surface area contributed by atoms with E-state index in [9.17, 15) is 4.79 Å². The molecule has 0 aromatic heterocycles. The summed E-state index contributed by atoms with van der Waals surface area (Å²) in [5.74, 6) is -0.879. The quantitative estimate of drug-likeness (QED) is 0.548. The minimum atomic E-state index is -0.879. The lowest BCUT2D eigenvalue weighted by Crippen LogP contribution is -2.07. The first-order valence-corrected chi connectivity index (χ1v) is 2.82. The van der Waals surface area contributed by atoms with Crippen LogP contribution in [0.5, 0.6) is 0 Å². The van der Waals surface area contributed by atoms with E-state index in [1.165, 1.54) is 6.20 Å². The fourth-order valence-electron chi connectivity index (χ4n) is 0.317. The second-order valence-corrected chi connectivity index (χ2v) is 1.69. The number of carboxylic acid groups (broad SMARTS) is 1. The Bertz CT molecular complexity index is 129. The summed E-state index contributed by atoms with van der Waals surface area (Å²) in [6.45, 7) is 4.21. The smallest absolute Gasteiger partial charge is 0.332 e. The normalized spacial score (nSPS) is 11.1. The molecule has 52 valence electrons. The predicted molar refractivity (Wildman–Crippen MR) is 35.1 cm³/mol. The minimum absolute atomic E-state index is 0.330. The van der Waals surface area contributed by atoms with Gasteiger partial charge >= 0.3 is 5.97 Å².